The summed E-state index contributed by atoms with van der Waals surface area (Å²) < 4.78 is 32.2. The summed E-state index contributed by atoms with van der Waals surface area (Å²) >= 11 is 0. The van der Waals surface area contributed by atoms with Gasteiger partial charge in [-0.1, -0.05) is 12.1 Å². The van der Waals surface area contributed by atoms with Gasteiger partial charge in [-0.05, 0) is 42.8 Å². The number of carbonyl (C=O) groups excluding carboxylic acids is 1. The molecule has 0 aromatic heterocycles. The lowest BCUT2D eigenvalue weighted by atomic mass is 10.1. The molecule has 1 saturated heterocycles. The normalized spacial score (nSPS) is 16.4. The second-order valence-corrected chi connectivity index (χ2v) is 6.40. The van der Waals surface area contributed by atoms with E-state index in [0.717, 1.165) is 5.56 Å². The molecule has 0 saturated carbocycles. The van der Waals surface area contributed by atoms with Crippen molar-refractivity contribution < 1.29 is 18.3 Å². The SMILES string of the molecule is COc1ccc(F)cc1C(=O)N1CCN(C(C)c2cccc(F)c2)CC1. The fourth-order valence-electron chi connectivity index (χ4n) is 3.31. The van der Waals surface area contributed by atoms with Gasteiger partial charge in [-0.25, -0.2) is 8.78 Å². The largest absolute Gasteiger partial charge is 0.496 e. The van der Waals surface area contributed by atoms with Crippen molar-refractivity contribution in [1.82, 2.24) is 9.80 Å². The smallest absolute Gasteiger partial charge is 0.257 e. The van der Waals surface area contributed by atoms with E-state index < -0.39 is 5.82 Å². The summed E-state index contributed by atoms with van der Waals surface area (Å²) in [7, 11) is 1.46. The molecular formula is C20H22F2N2O2. The molecule has 0 spiro atoms. The van der Waals surface area contributed by atoms with Crippen LogP contribution in [0.25, 0.3) is 0 Å². The lowest BCUT2D eigenvalue weighted by Crippen LogP contribution is -2.49. The fourth-order valence-corrected chi connectivity index (χ4v) is 3.31. The summed E-state index contributed by atoms with van der Waals surface area (Å²) in [6.07, 6.45) is 0. The first-order valence-electron chi connectivity index (χ1n) is 8.62. The van der Waals surface area contributed by atoms with E-state index in [9.17, 15) is 13.6 Å². The van der Waals surface area contributed by atoms with Crippen LogP contribution in [0.5, 0.6) is 5.75 Å². The molecular weight excluding hydrogens is 338 g/mol. The highest BCUT2D eigenvalue weighted by molar-refractivity contribution is 5.97. The number of methoxy groups -OCH3 is 1. The van der Waals surface area contributed by atoms with E-state index in [-0.39, 0.29) is 23.3 Å². The number of piperazine rings is 1. The standard InChI is InChI=1S/C20H22F2N2O2/c1-14(15-4-3-5-16(21)12-15)23-8-10-24(11-9-23)20(25)18-13-17(22)6-7-19(18)26-2/h3-7,12-14H,8-11H2,1-2H3. The van der Waals surface area contributed by atoms with Crippen molar-refractivity contribution in [3.8, 4) is 5.75 Å². The monoisotopic (exact) mass is 360 g/mol. The van der Waals surface area contributed by atoms with Crippen LogP contribution in [-0.4, -0.2) is 49.0 Å². The molecule has 0 aliphatic carbocycles. The third-order valence-corrected chi connectivity index (χ3v) is 4.87. The van der Waals surface area contributed by atoms with Crippen molar-refractivity contribution in [2.24, 2.45) is 0 Å². The quantitative estimate of drug-likeness (QED) is 0.837. The van der Waals surface area contributed by atoms with Crippen LogP contribution >= 0.6 is 0 Å². The van der Waals surface area contributed by atoms with Crippen molar-refractivity contribution in [2.75, 3.05) is 33.3 Å². The summed E-state index contributed by atoms with van der Waals surface area (Å²) in [5, 5.41) is 0. The van der Waals surface area contributed by atoms with Gasteiger partial charge in [0.2, 0.25) is 0 Å². The molecule has 1 aliphatic rings. The predicted molar refractivity (Wildman–Crippen MR) is 95.2 cm³/mol. The van der Waals surface area contributed by atoms with Crippen molar-refractivity contribution in [3.63, 3.8) is 0 Å². The summed E-state index contributed by atoms with van der Waals surface area (Å²) in [5.74, 6) is -0.583. The van der Waals surface area contributed by atoms with Gasteiger partial charge in [-0.15, -0.1) is 0 Å². The topological polar surface area (TPSA) is 32.8 Å². The average Bonchev–Trinajstić information content (AvgIpc) is 2.67. The van der Waals surface area contributed by atoms with Gasteiger partial charge in [-0.2, -0.15) is 0 Å². The Hall–Kier alpha value is -2.47. The van der Waals surface area contributed by atoms with Crippen LogP contribution in [0.1, 0.15) is 28.9 Å². The van der Waals surface area contributed by atoms with Gasteiger partial charge >= 0.3 is 0 Å². The zero-order valence-corrected chi connectivity index (χ0v) is 14.9. The van der Waals surface area contributed by atoms with E-state index in [4.69, 9.17) is 4.74 Å². The molecule has 3 rings (SSSR count). The molecule has 0 radical (unpaired) electrons. The van der Waals surface area contributed by atoms with Gasteiger partial charge in [0, 0.05) is 32.2 Å². The molecule has 1 amide bonds. The minimum atomic E-state index is -0.465. The zero-order chi connectivity index (χ0) is 18.7. The Morgan fingerprint density at radius 2 is 1.73 bits per heavy atom. The maximum Gasteiger partial charge on any atom is 0.257 e. The Balaban J connectivity index is 1.67. The Kier molecular flexibility index (Phi) is 5.52. The van der Waals surface area contributed by atoms with Crippen LogP contribution in [0.4, 0.5) is 8.78 Å². The lowest BCUT2D eigenvalue weighted by Gasteiger charge is -2.38. The number of hydrogen-bond donors (Lipinski definition) is 0. The zero-order valence-electron chi connectivity index (χ0n) is 14.9. The first kappa shape index (κ1) is 18.3. The number of benzene rings is 2. The maximum absolute atomic E-state index is 13.5. The van der Waals surface area contributed by atoms with Crippen LogP contribution in [0.15, 0.2) is 42.5 Å². The highest BCUT2D eigenvalue weighted by Gasteiger charge is 2.27. The average molecular weight is 360 g/mol. The lowest BCUT2D eigenvalue weighted by molar-refractivity contribution is 0.0578. The van der Waals surface area contributed by atoms with Gasteiger partial charge < -0.3 is 9.64 Å². The molecule has 4 nitrogen and oxygen atoms in total. The molecule has 2 aromatic carbocycles. The van der Waals surface area contributed by atoms with Gasteiger partial charge in [0.25, 0.3) is 5.91 Å². The Morgan fingerprint density at radius 3 is 2.38 bits per heavy atom. The van der Waals surface area contributed by atoms with Gasteiger partial charge in [0.05, 0.1) is 12.7 Å². The molecule has 1 heterocycles. The Morgan fingerprint density at radius 1 is 1.04 bits per heavy atom. The first-order chi connectivity index (χ1) is 12.5. The molecule has 0 bridgehead atoms. The van der Waals surface area contributed by atoms with Gasteiger partial charge in [-0.3, -0.25) is 9.69 Å². The minimum Gasteiger partial charge on any atom is -0.496 e. The number of amides is 1. The van der Waals surface area contributed by atoms with E-state index in [0.29, 0.717) is 31.9 Å². The van der Waals surface area contributed by atoms with Gasteiger partial charge in [0.15, 0.2) is 0 Å². The number of ether oxygens (including phenoxy) is 1. The van der Waals surface area contributed by atoms with Crippen molar-refractivity contribution in [2.45, 2.75) is 13.0 Å². The molecule has 138 valence electrons. The van der Waals surface area contributed by atoms with Crippen LogP contribution in [0.2, 0.25) is 0 Å². The van der Waals surface area contributed by atoms with Crippen molar-refractivity contribution >= 4 is 5.91 Å². The maximum atomic E-state index is 13.5. The molecule has 26 heavy (non-hydrogen) atoms. The number of halogens is 2. The van der Waals surface area contributed by atoms with Crippen LogP contribution < -0.4 is 4.74 Å². The number of hydrogen-bond acceptors (Lipinski definition) is 3. The molecule has 1 unspecified atom stereocenters. The second kappa shape index (κ2) is 7.83. The van der Waals surface area contributed by atoms with E-state index in [1.54, 1.807) is 17.0 Å². The highest BCUT2D eigenvalue weighted by atomic mass is 19.1. The highest BCUT2D eigenvalue weighted by Crippen LogP contribution is 2.25. The molecule has 6 heteroatoms. The molecule has 1 atom stereocenters. The molecule has 0 N–H and O–H groups in total. The third kappa shape index (κ3) is 3.85. The van der Waals surface area contributed by atoms with Gasteiger partial charge in [0.1, 0.15) is 17.4 Å². The molecule has 1 aliphatic heterocycles. The van der Waals surface area contributed by atoms with E-state index in [2.05, 4.69) is 4.90 Å². The van der Waals surface area contributed by atoms with E-state index in [1.165, 1.54) is 31.4 Å². The van der Waals surface area contributed by atoms with Crippen molar-refractivity contribution in [1.29, 1.82) is 0 Å². The molecule has 1 fully saturated rings. The van der Waals surface area contributed by atoms with E-state index in [1.807, 2.05) is 13.0 Å². The predicted octanol–water partition coefficient (Wildman–Crippen LogP) is 3.49. The summed E-state index contributed by atoms with van der Waals surface area (Å²) in [5.41, 5.74) is 1.15. The van der Waals surface area contributed by atoms with Crippen LogP contribution in [0, 0.1) is 11.6 Å². The van der Waals surface area contributed by atoms with Crippen molar-refractivity contribution in [3.05, 3.63) is 65.2 Å². The summed E-state index contributed by atoms with van der Waals surface area (Å²) in [4.78, 5) is 16.6. The minimum absolute atomic E-state index is 0.0617. The van der Waals surface area contributed by atoms with Crippen LogP contribution in [-0.2, 0) is 0 Å². The third-order valence-electron chi connectivity index (χ3n) is 4.87. The number of carbonyl (C=O) groups is 1. The second-order valence-electron chi connectivity index (χ2n) is 6.40. The fraction of sp³-hybridized carbons (Fsp3) is 0.350. The molecule has 2 aromatic rings. The first-order valence-corrected chi connectivity index (χ1v) is 8.62. The van der Waals surface area contributed by atoms with E-state index >= 15 is 0 Å². The summed E-state index contributed by atoms with van der Waals surface area (Å²) in [6.45, 7) is 4.42. The summed E-state index contributed by atoms with van der Waals surface area (Å²) in [6, 6.07) is 10.6. The number of rotatable bonds is 4. The Labute approximate surface area is 152 Å². The number of nitrogens with zero attached hydrogens (tertiary/aromatic N) is 2. The van der Waals surface area contributed by atoms with Crippen LogP contribution in [0.3, 0.4) is 0 Å². The Bertz CT molecular complexity index is 789.